The van der Waals surface area contributed by atoms with Crippen molar-refractivity contribution in [3.63, 3.8) is 0 Å². The minimum absolute atomic E-state index is 0.447. The zero-order valence-electron chi connectivity index (χ0n) is 10.7. The van der Waals surface area contributed by atoms with Crippen LogP contribution in [0.25, 0.3) is 11.0 Å². The van der Waals surface area contributed by atoms with Gasteiger partial charge in [0, 0.05) is 11.9 Å². The van der Waals surface area contributed by atoms with Crippen molar-refractivity contribution in [2.24, 2.45) is 5.92 Å². The standard InChI is InChI=1S/C14H17ClN4/c15-9-10-5-7-11(8-6-10)16-14-17-12-3-1-2-4-13(12)18-19-14/h1-4,10-11H,5-9H2,(H,16,17,19). The summed E-state index contributed by atoms with van der Waals surface area (Å²) in [4.78, 5) is 4.50. The SMILES string of the molecule is ClCC1CCC(Nc2nnc3ccccc3n2)CC1. The van der Waals surface area contributed by atoms with E-state index in [1.54, 1.807) is 0 Å². The topological polar surface area (TPSA) is 50.7 Å². The van der Waals surface area contributed by atoms with Crippen LogP contribution in [0.2, 0.25) is 0 Å². The molecule has 4 nitrogen and oxygen atoms in total. The van der Waals surface area contributed by atoms with Crippen LogP contribution in [-0.2, 0) is 0 Å². The summed E-state index contributed by atoms with van der Waals surface area (Å²) in [5.74, 6) is 2.09. The Morgan fingerprint density at radius 1 is 1.05 bits per heavy atom. The molecule has 1 heterocycles. The van der Waals surface area contributed by atoms with Gasteiger partial charge in [0.25, 0.3) is 0 Å². The van der Waals surface area contributed by atoms with Crippen LogP contribution in [0.3, 0.4) is 0 Å². The molecule has 2 aromatic rings. The van der Waals surface area contributed by atoms with Crippen molar-refractivity contribution < 1.29 is 0 Å². The van der Waals surface area contributed by atoms with Gasteiger partial charge in [0.2, 0.25) is 5.95 Å². The second kappa shape index (κ2) is 5.70. The molecule has 1 aromatic carbocycles. The molecule has 100 valence electrons. The fraction of sp³-hybridized carbons (Fsp3) is 0.500. The Kier molecular flexibility index (Phi) is 3.78. The number of hydrogen-bond acceptors (Lipinski definition) is 4. The zero-order valence-corrected chi connectivity index (χ0v) is 11.5. The van der Waals surface area contributed by atoms with Gasteiger partial charge in [-0.15, -0.1) is 21.8 Å². The van der Waals surface area contributed by atoms with E-state index in [-0.39, 0.29) is 0 Å². The maximum absolute atomic E-state index is 5.90. The first-order valence-electron chi connectivity index (χ1n) is 6.77. The van der Waals surface area contributed by atoms with E-state index in [4.69, 9.17) is 11.6 Å². The fourth-order valence-corrected chi connectivity index (χ4v) is 2.89. The molecule has 1 aliphatic carbocycles. The molecule has 19 heavy (non-hydrogen) atoms. The summed E-state index contributed by atoms with van der Waals surface area (Å²) in [6.45, 7) is 0. The van der Waals surface area contributed by atoms with Crippen molar-refractivity contribution in [3.05, 3.63) is 24.3 Å². The molecule has 0 radical (unpaired) electrons. The number of rotatable bonds is 3. The van der Waals surface area contributed by atoms with Crippen LogP contribution in [0.4, 0.5) is 5.95 Å². The van der Waals surface area contributed by atoms with E-state index in [1.165, 1.54) is 12.8 Å². The maximum atomic E-state index is 5.90. The summed E-state index contributed by atoms with van der Waals surface area (Å²) in [5, 5.41) is 11.7. The van der Waals surface area contributed by atoms with E-state index in [2.05, 4.69) is 20.5 Å². The highest BCUT2D eigenvalue weighted by Gasteiger charge is 2.21. The van der Waals surface area contributed by atoms with Crippen LogP contribution in [0.1, 0.15) is 25.7 Å². The van der Waals surface area contributed by atoms with E-state index < -0.39 is 0 Å². The van der Waals surface area contributed by atoms with Crippen LogP contribution in [-0.4, -0.2) is 27.1 Å². The molecule has 1 aromatic heterocycles. The second-order valence-corrected chi connectivity index (χ2v) is 5.45. The Bertz CT molecular complexity index is 552. The molecule has 1 saturated carbocycles. The molecule has 0 aliphatic heterocycles. The Morgan fingerprint density at radius 2 is 1.79 bits per heavy atom. The molecular weight excluding hydrogens is 260 g/mol. The van der Waals surface area contributed by atoms with Gasteiger partial charge in [-0.25, -0.2) is 4.98 Å². The average Bonchev–Trinajstić information content (AvgIpc) is 2.48. The molecule has 0 atom stereocenters. The Hall–Kier alpha value is -1.42. The fourth-order valence-electron chi connectivity index (χ4n) is 2.59. The number of hydrogen-bond donors (Lipinski definition) is 1. The van der Waals surface area contributed by atoms with Crippen molar-refractivity contribution in [1.29, 1.82) is 0 Å². The largest absolute Gasteiger partial charge is 0.350 e. The van der Waals surface area contributed by atoms with Gasteiger partial charge < -0.3 is 5.32 Å². The van der Waals surface area contributed by atoms with E-state index in [0.29, 0.717) is 17.9 Å². The second-order valence-electron chi connectivity index (χ2n) is 5.14. The smallest absolute Gasteiger partial charge is 0.243 e. The minimum Gasteiger partial charge on any atom is -0.350 e. The van der Waals surface area contributed by atoms with E-state index in [1.807, 2.05) is 24.3 Å². The lowest BCUT2D eigenvalue weighted by molar-refractivity contribution is 0.363. The van der Waals surface area contributed by atoms with Crippen LogP contribution in [0.5, 0.6) is 0 Å². The third-order valence-corrected chi connectivity index (χ3v) is 4.20. The lowest BCUT2D eigenvalue weighted by Gasteiger charge is -2.27. The summed E-state index contributed by atoms with van der Waals surface area (Å²) in [5.41, 5.74) is 1.72. The third kappa shape index (κ3) is 2.95. The first-order valence-corrected chi connectivity index (χ1v) is 7.30. The molecule has 0 bridgehead atoms. The zero-order chi connectivity index (χ0) is 13.1. The average molecular weight is 277 g/mol. The third-order valence-electron chi connectivity index (χ3n) is 3.76. The number of para-hydroxylation sites is 1. The molecule has 0 amide bonds. The first-order chi connectivity index (χ1) is 9.35. The van der Waals surface area contributed by atoms with Gasteiger partial charge in [-0.05, 0) is 43.7 Å². The number of benzene rings is 1. The number of fused-ring (bicyclic) bond motifs is 1. The molecule has 0 unspecified atom stereocenters. The van der Waals surface area contributed by atoms with E-state index >= 15 is 0 Å². The molecule has 1 fully saturated rings. The minimum atomic E-state index is 0.447. The predicted octanol–water partition coefficient (Wildman–Crippen LogP) is 3.23. The Balaban J connectivity index is 1.68. The number of halogens is 1. The van der Waals surface area contributed by atoms with Crippen molar-refractivity contribution in [1.82, 2.24) is 15.2 Å². The van der Waals surface area contributed by atoms with Gasteiger partial charge in [-0.3, -0.25) is 0 Å². The quantitative estimate of drug-likeness (QED) is 0.875. The summed E-state index contributed by atoms with van der Waals surface area (Å²) >= 11 is 5.90. The highest BCUT2D eigenvalue weighted by atomic mass is 35.5. The molecule has 3 rings (SSSR count). The van der Waals surface area contributed by atoms with Gasteiger partial charge in [0.15, 0.2) is 0 Å². The first kappa shape index (κ1) is 12.6. The maximum Gasteiger partial charge on any atom is 0.243 e. The summed E-state index contributed by atoms with van der Waals surface area (Å²) in [6.07, 6.45) is 4.63. The summed E-state index contributed by atoms with van der Waals surface area (Å²) in [6, 6.07) is 8.23. The number of alkyl halides is 1. The lowest BCUT2D eigenvalue weighted by Crippen LogP contribution is -2.27. The van der Waals surface area contributed by atoms with Gasteiger partial charge in [-0.1, -0.05) is 12.1 Å². The Morgan fingerprint density at radius 3 is 2.53 bits per heavy atom. The molecule has 5 heteroatoms. The summed E-state index contributed by atoms with van der Waals surface area (Å²) in [7, 11) is 0. The molecular formula is C14H17ClN4. The number of nitrogens with one attached hydrogen (secondary N) is 1. The highest BCUT2D eigenvalue weighted by molar-refractivity contribution is 6.18. The van der Waals surface area contributed by atoms with E-state index in [0.717, 1.165) is 29.8 Å². The van der Waals surface area contributed by atoms with Crippen LogP contribution >= 0.6 is 11.6 Å². The summed E-state index contributed by atoms with van der Waals surface area (Å²) < 4.78 is 0. The Labute approximate surface area is 117 Å². The number of aromatic nitrogens is 3. The molecule has 0 spiro atoms. The van der Waals surface area contributed by atoms with Gasteiger partial charge in [0.1, 0.15) is 5.52 Å². The van der Waals surface area contributed by atoms with Crippen LogP contribution in [0, 0.1) is 5.92 Å². The van der Waals surface area contributed by atoms with Crippen LogP contribution in [0.15, 0.2) is 24.3 Å². The number of nitrogens with zero attached hydrogens (tertiary/aromatic N) is 3. The normalized spacial score (nSPS) is 23.4. The van der Waals surface area contributed by atoms with Gasteiger partial charge >= 0.3 is 0 Å². The number of anilines is 1. The predicted molar refractivity (Wildman–Crippen MR) is 77.4 cm³/mol. The molecule has 1 N–H and O–H groups in total. The van der Waals surface area contributed by atoms with Crippen LogP contribution < -0.4 is 5.32 Å². The lowest BCUT2D eigenvalue weighted by atomic mass is 9.87. The van der Waals surface area contributed by atoms with Gasteiger partial charge in [0.05, 0.1) is 5.52 Å². The van der Waals surface area contributed by atoms with Crippen molar-refractivity contribution in [2.75, 3.05) is 11.2 Å². The molecule has 0 saturated heterocycles. The van der Waals surface area contributed by atoms with Crippen molar-refractivity contribution >= 4 is 28.6 Å². The van der Waals surface area contributed by atoms with Gasteiger partial charge in [-0.2, -0.15) is 0 Å². The van der Waals surface area contributed by atoms with Crippen molar-refractivity contribution in [3.8, 4) is 0 Å². The van der Waals surface area contributed by atoms with Crippen molar-refractivity contribution in [2.45, 2.75) is 31.7 Å². The van der Waals surface area contributed by atoms with E-state index in [9.17, 15) is 0 Å². The highest BCUT2D eigenvalue weighted by Crippen LogP contribution is 2.26. The monoisotopic (exact) mass is 276 g/mol. The molecule has 1 aliphatic rings.